The molecule has 33 heavy (non-hydrogen) atoms. The van der Waals surface area contributed by atoms with Crippen LogP contribution >= 0.6 is 0 Å². The molecule has 10 heteroatoms. The number of aryl methyl sites for hydroxylation is 1. The second-order valence-electron chi connectivity index (χ2n) is 9.14. The zero-order valence-electron chi connectivity index (χ0n) is 19.5. The van der Waals surface area contributed by atoms with Gasteiger partial charge in [-0.05, 0) is 50.8 Å². The van der Waals surface area contributed by atoms with Crippen molar-refractivity contribution in [2.45, 2.75) is 56.4 Å². The molecule has 1 N–H and O–H groups in total. The number of hydrogen-bond donors (Lipinski definition) is 1. The number of likely N-dealkylation sites (tertiary alicyclic amines) is 1. The van der Waals surface area contributed by atoms with Crippen LogP contribution in [0.15, 0.2) is 32.3 Å². The third-order valence-corrected chi connectivity index (χ3v) is 8.94. The Hall–Kier alpha value is -2.17. The molecule has 9 nitrogen and oxygen atoms in total. The van der Waals surface area contributed by atoms with Gasteiger partial charge in [0.15, 0.2) is 5.58 Å². The summed E-state index contributed by atoms with van der Waals surface area (Å²) in [7, 11) is -2.22. The van der Waals surface area contributed by atoms with Crippen LogP contribution in [0.25, 0.3) is 11.1 Å². The van der Waals surface area contributed by atoms with E-state index in [1.165, 1.54) is 40.3 Å². The van der Waals surface area contributed by atoms with Gasteiger partial charge >= 0.3 is 5.76 Å². The molecule has 0 aliphatic carbocycles. The first-order valence-corrected chi connectivity index (χ1v) is 13.4. The Morgan fingerprint density at radius 3 is 2.79 bits per heavy atom. The minimum Gasteiger partial charge on any atom is -0.408 e. The lowest BCUT2D eigenvalue weighted by Gasteiger charge is -2.35. The van der Waals surface area contributed by atoms with Crippen molar-refractivity contribution in [1.82, 2.24) is 19.1 Å². The SMILES string of the molecule is CC[C@@H]1CCCCN1CCNC(=O)[C@@H]1CCCN(S(=O)(=O)c2ccc3c(c2)oc(=O)n3C)C1. The molecule has 4 rings (SSSR count). The number of piperidine rings is 2. The molecule has 0 unspecified atom stereocenters. The van der Waals surface area contributed by atoms with E-state index in [1.807, 2.05) is 0 Å². The van der Waals surface area contributed by atoms with Crippen molar-refractivity contribution in [1.29, 1.82) is 0 Å². The van der Waals surface area contributed by atoms with Gasteiger partial charge in [-0.2, -0.15) is 4.31 Å². The Kier molecular flexibility index (Phi) is 7.25. The smallest absolute Gasteiger partial charge is 0.408 e. The topological polar surface area (TPSA) is 105 Å². The first-order valence-electron chi connectivity index (χ1n) is 11.9. The number of fused-ring (bicyclic) bond motifs is 1. The summed E-state index contributed by atoms with van der Waals surface area (Å²) in [6, 6.07) is 5.04. The normalized spacial score (nSPS) is 23.1. The summed E-state index contributed by atoms with van der Waals surface area (Å²) in [5.74, 6) is -0.983. The average molecular weight is 479 g/mol. The molecule has 1 amide bonds. The molecule has 2 saturated heterocycles. The van der Waals surface area contributed by atoms with Crippen molar-refractivity contribution >= 4 is 27.0 Å². The molecular formula is C23H34N4O5S. The maximum absolute atomic E-state index is 13.2. The monoisotopic (exact) mass is 478 g/mol. The number of sulfonamides is 1. The van der Waals surface area contributed by atoms with Crippen molar-refractivity contribution in [2.75, 3.05) is 32.7 Å². The molecule has 1 aromatic heterocycles. The third-order valence-electron chi connectivity index (χ3n) is 7.08. The van der Waals surface area contributed by atoms with Gasteiger partial charge in [0.2, 0.25) is 15.9 Å². The molecule has 0 bridgehead atoms. The molecule has 182 valence electrons. The van der Waals surface area contributed by atoms with Gasteiger partial charge in [-0.15, -0.1) is 0 Å². The fraction of sp³-hybridized carbons (Fsp3) is 0.652. The lowest BCUT2D eigenvalue weighted by molar-refractivity contribution is -0.126. The minimum atomic E-state index is -3.80. The third kappa shape index (κ3) is 5.02. The fourth-order valence-corrected chi connectivity index (χ4v) is 6.62. The highest BCUT2D eigenvalue weighted by molar-refractivity contribution is 7.89. The Labute approximate surface area is 194 Å². The van der Waals surface area contributed by atoms with E-state index in [-0.39, 0.29) is 28.8 Å². The van der Waals surface area contributed by atoms with E-state index >= 15 is 0 Å². The number of rotatable bonds is 7. The molecule has 0 spiro atoms. The van der Waals surface area contributed by atoms with Gasteiger partial charge in [0.05, 0.1) is 16.3 Å². The second-order valence-corrected chi connectivity index (χ2v) is 11.1. The van der Waals surface area contributed by atoms with E-state index in [9.17, 15) is 18.0 Å². The highest BCUT2D eigenvalue weighted by atomic mass is 32.2. The summed E-state index contributed by atoms with van der Waals surface area (Å²) < 4.78 is 34.3. The summed E-state index contributed by atoms with van der Waals surface area (Å²) in [6.45, 7) is 5.24. The summed E-state index contributed by atoms with van der Waals surface area (Å²) in [6.07, 6.45) is 6.13. The number of nitrogens with one attached hydrogen (secondary N) is 1. The van der Waals surface area contributed by atoms with Crippen molar-refractivity contribution in [3.05, 3.63) is 28.7 Å². The predicted molar refractivity (Wildman–Crippen MR) is 125 cm³/mol. The van der Waals surface area contributed by atoms with Crippen LogP contribution in [0.4, 0.5) is 0 Å². The number of amides is 1. The summed E-state index contributed by atoms with van der Waals surface area (Å²) >= 11 is 0. The number of carbonyl (C=O) groups excluding carboxylic acids is 1. The molecule has 2 fully saturated rings. The van der Waals surface area contributed by atoms with E-state index in [2.05, 4.69) is 17.1 Å². The maximum atomic E-state index is 13.2. The van der Waals surface area contributed by atoms with Crippen LogP contribution in [0.5, 0.6) is 0 Å². The molecule has 2 aliphatic rings. The minimum absolute atomic E-state index is 0.0705. The van der Waals surface area contributed by atoms with Gasteiger partial charge in [0.25, 0.3) is 0 Å². The number of carbonyl (C=O) groups is 1. The molecule has 2 aromatic rings. The van der Waals surface area contributed by atoms with E-state index in [0.29, 0.717) is 37.5 Å². The van der Waals surface area contributed by atoms with Crippen LogP contribution in [0.2, 0.25) is 0 Å². The zero-order valence-corrected chi connectivity index (χ0v) is 20.3. The highest BCUT2D eigenvalue weighted by Gasteiger charge is 2.33. The lowest BCUT2D eigenvalue weighted by atomic mass is 9.98. The number of benzene rings is 1. The molecule has 2 atom stereocenters. The van der Waals surface area contributed by atoms with Crippen molar-refractivity contribution < 1.29 is 17.6 Å². The first-order chi connectivity index (χ1) is 15.8. The zero-order chi connectivity index (χ0) is 23.6. The first kappa shape index (κ1) is 24.0. The molecule has 0 radical (unpaired) electrons. The van der Waals surface area contributed by atoms with Crippen LogP contribution in [0.3, 0.4) is 0 Å². The van der Waals surface area contributed by atoms with Gasteiger partial charge in [0.1, 0.15) is 0 Å². The number of oxazole rings is 1. The lowest BCUT2D eigenvalue weighted by Crippen LogP contribution is -2.47. The number of hydrogen-bond acceptors (Lipinski definition) is 6. The number of aromatic nitrogens is 1. The van der Waals surface area contributed by atoms with Gasteiger partial charge in [-0.3, -0.25) is 14.3 Å². The van der Waals surface area contributed by atoms with Crippen LogP contribution in [0, 0.1) is 5.92 Å². The van der Waals surface area contributed by atoms with Gasteiger partial charge in [-0.1, -0.05) is 13.3 Å². The molecule has 1 aromatic carbocycles. The highest BCUT2D eigenvalue weighted by Crippen LogP contribution is 2.26. The quantitative estimate of drug-likeness (QED) is 0.652. The fourth-order valence-electron chi connectivity index (χ4n) is 5.08. The van der Waals surface area contributed by atoms with Crippen molar-refractivity contribution in [2.24, 2.45) is 13.0 Å². The van der Waals surface area contributed by atoms with E-state index in [4.69, 9.17) is 4.42 Å². The average Bonchev–Trinajstić information content (AvgIpc) is 3.12. The van der Waals surface area contributed by atoms with E-state index in [1.54, 1.807) is 13.1 Å². The predicted octanol–water partition coefficient (Wildman–Crippen LogP) is 1.91. The van der Waals surface area contributed by atoms with Gasteiger partial charge < -0.3 is 9.73 Å². The maximum Gasteiger partial charge on any atom is 0.419 e. The molecular weight excluding hydrogens is 444 g/mol. The van der Waals surface area contributed by atoms with E-state index < -0.39 is 15.8 Å². The van der Waals surface area contributed by atoms with Gasteiger partial charge in [-0.25, -0.2) is 13.2 Å². The summed E-state index contributed by atoms with van der Waals surface area (Å²) in [5, 5.41) is 3.03. The Balaban J connectivity index is 1.38. The number of nitrogens with zero attached hydrogens (tertiary/aromatic N) is 3. The van der Waals surface area contributed by atoms with Gasteiger partial charge in [0, 0.05) is 45.3 Å². The second kappa shape index (κ2) is 9.99. The Bertz CT molecular complexity index is 1160. The van der Waals surface area contributed by atoms with Crippen molar-refractivity contribution in [3.63, 3.8) is 0 Å². The standard InChI is InChI=1S/C23H34N4O5S/c1-3-18-8-4-5-12-26(18)14-11-24-22(28)17-7-6-13-27(16-17)33(30,31)19-9-10-20-21(15-19)32-23(29)25(20)2/h9-10,15,17-18H,3-8,11-14,16H2,1-2H3,(H,24,28)/t17-,18-/m1/s1. The van der Waals surface area contributed by atoms with Crippen LogP contribution < -0.4 is 11.1 Å². The van der Waals surface area contributed by atoms with Crippen LogP contribution in [0.1, 0.15) is 45.4 Å². The summed E-state index contributed by atoms with van der Waals surface area (Å²) in [5.41, 5.74) is 0.770. The Morgan fingerprint density at radius 1 is 1.18 bits per heavy atom. The van der Waals surface area contributed by atoms with E-state index in [0.717, 1.165) is 19.5 Å². The van der Waals surface area contributed by atoms with Crippen molar-refractivity contribution in [3.8, 4) is 0 Å². The summed E-state index contributed by atoms with van der Waals surface area (Å²) in [4.78, 5) is 27.1. The molecule has 3 heterocycles. The van der Waals surface area contributed by atoms with Crippen LogP contribution in [-0.2, 0) is 21.9 Å². The Morgan fingerprint density at radius 2 is 2.00 bits per heavy atom. The largest absolute Gasteiger partial charge is 0.419 e. The van der Waals surface area contributed by atoms with Crippen LogP contribution in [-0.4, -0.2) is 66.9 Å². The molecule has 0 saturated carbocycles. The molecule has 2 aliphatic heterocycles.